The minimum atomic E-state index is -0.0182. The Morgan fingerprint density at radius 1 is 1.41 bits per heavy atom. The van der Waals surface area contributed by atoms with Gasteiger partial charge in [0, 0.05) is 19.6 Å². The highest BCUT2D eigenvalue weighted by Crippen LogP contribution is 2.17. The van der Waals surface area contributed by atoms with E-state index in [0.717, 1.165) is 56.8 Å². The van der Waals surface area contributed by atoms with Crippen molar-refractivity contribution in [2.45, 2.75) is 52.1 Å². The van der Waals surface area contributed by atoms with Crippen LogP contribution in [-0.2, 0) is 16.0 Å². The molecule has 0 saturated carbocycles. The molecular weight excluding hydrogens is 300 g/mol. The monoisotopic (exact) mass is 326 g/mol. The van der Waals surface area contributed by atoms with Gasteiger partial charge in [0.15, 0.2) is 0 Å². The normalized spacial score (nSPS) is 19.3. The second kappa shape index (κ2) is 9.17. The van der Waals surface area contributed by atoms with E-state index in [-0.39, 0.29) is 12.0 Å². The molecule has 1 aromatic rings. The molecule has 6 nitrogen and oxygen atoms in total. The Bertz CT molecular complexity index is 466. The molecule has 0 radical (unpaired) electrons. The summed E-state index contributed by atoms with van der Waals surface area (Å²) in [7, 11) is 0. The average Bonchev–Trinajstić information content (AvgIpc) is 2.93. The summed E-state index contributed by atoms with van der Waals surface area (Å²) in [6.45, 7) is 7.21. The van der Waals surface area contributed by atoms with Crippen LogP contribution in [0.5, 0.6) is 0 Å². The van der Waals surface area contributed by atoms with Crippen LogP contribution in [0.4, 0.5) is 5.13 Å². The quantitative estimate of drug-likeness (QED) is 0.794. The third kappa shape index (κ3) is 5.62. The van der Waals surface area contributed by atoms with Crippen molar-refractivity contribution in [2.24, 2.45) is 0 Å². The van der Waals surface area contributed by atoms with Gasteiger partial charge in [0.05, 0.1) is 12.6 Å². The molecule has 124 valence electrons. The Morgan fingerprint density at radius 3 is 3.05 bits per heavy atom. The lowest BCUT2D eigenvalue weighted by Crippen LogP contribution is -2.43. The number of ether oxygens (including phenoxy) is 1. The zero-order chi connectivity index (χ0) is 15.8. The first-order valence-corrected chi connectivity index (χ1v) is 8.99. The maximum absolute atomic E-state index is 12.1. The van der Waals surface area contributed by atoms with Crippen molar-refractivity contribution >= 4 is 22.4 Å². The second-order valence-corrected chi connectivity index (χ2v) is 6.73. The van der Waals surface area contributed by atoms with Crippen molar-refractivity contribution in [3.63, 3.8) is 0 Å². The highest BCUT2D eigenvalue weighted by Gasteiger charge is 2.22. The number of hydrogen-bond acceptors (Lipinski definition) is 6. The average molecular weight is 326 g/mol. The molecule has 1 aliphatic rings. The third-order valence-electron chi connectivity index (χ3n) is 3.56. The van der Waals surface area contributed by atoms with Crippen LogP contribution in [0.1, 0.15) is 44.5 Å². The predicted octanol–water partition coefficient (Wildman–Crippen LogP) is 2.32. The van der Waals surface area contributed by atoms with E-state index < -0.39 is 0 Å². The molecule has 0 aromatic carbocycles. The molecule has 0 aliphatic carbocycles. The Kier molecular flexibility index (Phi) is 7.21. The van der Waals surface area contributed by atoms with E-state index in [2.05, 4.69) is 34.3 Å². The maximum atomic E-state index is 12.1. The van der Waals surface area contributed by atoms with Gasteiger partial charge in [-0.15, -0.1) is 10.2 Å². The summed E-state index contributed by atoms with van der Waals surface area (Å²) in [5.41, 5.74) is 0. The Balaban J connectivity index is 1.75. The minimum absolute atomic E-state index is 0.0182. The zero-order valence-corrected chi connectivity index (χ0v) is 14.3. The van der Waals surface area contributed by atoms with Gasteiger partial charge in [0.1, 0.15) is 5.01 Å². The van der Waals surface area contributed by atoms with Crippen LogP contribution in [0.15, 0.2) is 0 Å². The number of likely N-dealkylation sites (tertiary alicyclic amines) is 1. The first-order chi connectivity index (χ1) is 10.7. The lowest BCUT2D eigenvalue weighted by atomic mass is 10.1. The Labute approximate surface area is 136 Å². The van der Waals surface area contributed by atoms with E-state index in [1.54, 1.807) is 0 Å². The molecule has 7 heteroatoms. The molecule has 1 aliphatic heterocycles. The lowest BCUT2D eigenvalue weighted by Gasteiger charge is -2.31. The van der Waals surface area contributed by atoms with Gasteiger partial charge in [-0.25, -0.2) is 0 Å². The minimum Gasteiger partial charge on any atom is -0.377 e. The van der Waals surface area contributed by atoms with Crippen LogP contribution in [-0.4, -0.2) is 53.3 Å². The fraction of sp³-hybridized carbons (Fsp3) is 0.800. The van der Waals surface area contributed by atoms with Gasteiger partial charge in [-0.05, 0) is 32.2 Å². The highest BCUT2D eigenvalue weighted by atomic mass is 32.1. The van der Waals surface area contributed by atoms with Gasteiger partial charge in [0.25, 0.3) is 0 Å². The molecule has 1 amide bonds. The molecule has 1 unspecified atom stereocenters. The van der Waals surface area contributed by atoms with Crippen LogP contribution in [0.2, 0.25) is 0 Å². The number of piperidine rings is 1. The fourth-order valence-corrected chi connectivity index (χ4v) is 3.42. The molecule has 0 spiro atoms. The third-order valence-corrected chi connectivity index (χ3v) is 4.46. The number of nitrogens with zero attached hydrogens (tertiary/aromatic N) is 3. The molecule has 1 atom stereocenters. The van der Waals surface area contributed by atoms with Crippen LogP contribution in [0, 0.1) is 0 Å². The topological polar surface area (TPSA) is 67.3 Å². The van der Waals surface area contributed by atoms with Crippen molar-refractivity contribution in [1.82, 2.24) is 15.1 Å². The van der Waals surface area contributed by atoms with Crippen molar-refractivity contribution in [3.05, 3.63) is 5.01 Å². The largest absolute Gasteiger partial charge is 0.377 e. The maximum Gasteiger partial charge on any atom is 0.240 e. The van der Waals surface area contributed by atoms with E-state index in [1.807, 2.05) is 0 Å². The molecular formula is C15H26N4O2S. The zero-order valence-electron chi connectivity index (χ0n) is 13.5. The molecule has 0 bridgehead atoms. The molecule has 2 rings (SSSR count). The predicted molar refractivity (Wildman–Crippen MR) is 88.2 cm³/mol. The first kappa shape index (κ1) is 17.3. The van der Waals surface area contributed by atoms with Gasteiger partial charge in [-0.2, -0.15) is 0 Å². The van der Waals surface area contributed by atoms with Gasteiger partial charge in [-0.1, -0.05) is 25.2 Å². The van der Waals surface area contributed by atoms with Gasteiger partial charge >= 0.3 is 0 Å². The van der Waals surface area contributed by atoms with Crippen molar-refractivity contribution in [3.8, 4) is 0 Å². The molecule has 2 heterocycles. The second-order valence-electron chi connectivity index (χ2n) is 5.67. The number of nitrogens with one attached hydrogen (secondary N) is 1. The standard InChI is InChI=1S/C15H26N4O2S/c1-3-6-14-17-18-15(22-14)16-13(20)11-19-8-5-7-12(10-19)21-9-4-2/h12H,3-11H2,1-2H3,(H,16,18,20). The number of aryl methyl sites for hydroxylation is 1. The summed E-state index contributed by atoms with van der Waals surface area (Å²) in [5, 5.41) is 12.5. The van der Waals surface area contributed by atoms with Crippen molar-refractivity contribution < 1.29 is 9.53 Å². The fourth-order valence-electron chi connectivity index (χ4n) is 2.56. The summed E-state index contributed by atoms with van der Waals surface area (Å²) < 4.78 is 5.80. The first-order valence-electron chi connectivity index (χ1n) is 8.17. The number of aromatic nitrogens is 2. The number of amides is 1. The molecule has 1 fully saturated rings. The summed E-state index contributed by atoms with van der Waals surface area (Å²) in [5.74, 6) is -0.0182. The van der Waals surface area contributed by atoms with Crippen LogP contribution in [0.3, 0.4) is 0 Å². The van der Waals surface area contributed by atoms with Crippen molar-refractivity contribution in [2.75, 3.05) is 31.6 Å². The van der Waals surface area contributed by atoms with E-state index in [1.165, 1.54) is 11.3 Å². The van der Waals surface area contributed by atoms with Gasteiger partial charge in [0.2, 0.25) is 11.0 Å². The molecule has 1 aromatic heterocycles. The number of hydrogen-bond donors (Lipinski definition) is 1. The summed E-state index contributed by atoms with van der Waals surface area (Å²) in [6.07, 6.45) is 5.43. The Morgan fingerprint density at radius 2 is 2.27 bits per heavy atom. The smallest absolute Gasteiger partial charge is 0.240 e. The number of carbonyl (C=O) groups excluding carboxylic acids is 1. The van der Waals surface area contributed by atoms with E-state index in [4.69, 9.17) is 4.74 Å². The van der Waals surface area contributed by atoms with E-state index in [0.29, 0.717) is 11.7 Å². The summed E-state index contributed by atoms with van der Waals surface area (Å²) >= 11 is 1.46. The van der Waals surface area contributed by atoms with Crippen molar-refractivity contribution in [1.29, 1.82) is 0 Å². The number of carbonyl (C=O) groups is 1. The SMILES string of the molecule is CCCOC1CCCN(CC(=O)Nc2nnc(CCC)s2)C1. The molecule has 22 heavy (non-hydrogen) atoms. The molecule has 1 N–H and O–H groups in total. The van der Waals surface area contributed by atoms with Crippen LogP contribution >= 0.6 is 11.3 Å². The highest BCUT2D eigenvalue weighted by molar-refractivity contribution is 7.15. The Hall–Kier alpha value is -1.05. The number of rotatable bonds is 8. The van der Waals surface area contributed by atoms with Gasteiger partial charge < -0.3 is 4.74 Å². The molecule has 1 saturated heterocycles. The lowest BCUT2D eigenvalue weighted by molar-refractivity contribution is -0.118. The van der Waals surface area contributed by atoms with Crippen LogP contribution in [0.25, 0.3) is 0 Å². The van der Waals surface area contributed by atoms with E-state index >= 15 is 0 Å². The van der Waals surface area contributed by atoms with E-state index in [9.17, 15) is 4.79 Å². The summed E-state index contributed by atoms with van der Waals surface area (Å²) in [6, 6.07) is 0. The van der Waals surface area contributed by atoms with Crippen LogP contribution < -0.4 is 5.32 Å². The number of anilines is 1. The summed E-state index contributed by atoms with van der Waals surface area (Å²) in [4.78, 5) is 14.3. The van der Waals surface area contributed by atoms with Gasteiger partial charge in [-0.3, -0.25) is 15.0 Å².